The Bertz CT molecular complexity index is 661. The van der Waals surface area contributed by atoms with Gasteiger partial charge in [0.2, 0.25) is 0 Å². The summed E-state index contributed by atoms with van der Waals surface area (Å²) in [6.45, 7) is 7.31. The van der Waals surface area contributed by atoms with Crippen molar-refractivity contribution in [3.05, 3.63) is 35.9 Å². The van der Waals surface area contributed by atoms with Crippen LogP contribution in [0.2, 0.25) is 0 Å². The molecule has 7 heteroatoms. The van der Waals surface area contributed by atoms with Gasteiger partial charge in [-0.15, -0.1) is 24.0 Å². The highest BCUT2D eigenvalue weighted by Crippen LogP contribution is 2.22. The molecular formula is C20H36IN3O2S. The molecule has 0 aliphatic carbocycles. The average Bonchev–Trinajstić information content (AvgIpc) is 2.57. The van der Waals surface area contributed by atoms with Crippen LogP contribution in [-0.2, 0) is 16.3 Å². The van der Waals surface area contributed by atoms with E-state index in [9.17, 15) is 8.42 Å². The van der Waals surface area contributed by atoms with Gasteiger partial charge >= 0.3 is 0 Å². The second-order valence-corrected chi connectivity index (χ2v) is 10.2. The molecule has 0 aliphatic rings. The second-order valence-electron chi connectivity index (χ2n) is 7.89. The predicted octanol–water partition coefficient (Wildman–Crippen LogP) is 3.64. The van der Waals surface area contributed by atoms with Gasteiger partial charge in [-0.05, 0) is 43.6 Å². The van der Waals surface area contributed by atoms with Gasteiger partial charge in [-0.1, -0.05) is 44.2 Å². The Balaban J connectivity index is 0.00000676. The second kappa shape index (κ2) is 12.6. The van der Waals surface area contributed by atoms with Crippen molar-refractivity contribution in [2.24, 2.45) is 10.4 Å². The van der Waals surface area contributed by atoms with E-state index < -0.39 is 9.84 Å². The summed E-state index contributed by atoms with van der Waals surface area (Å²) < 4.78 is 22.6. The van der Waals surface area contributed by atoms with Crippen molar-refractivity contribution in [3.63, 3.8) is 0 Å². The number of guanidine groups is 1. The lowest BCUT2D eigenvalue weighted by atomic mass is 9.86. The molecule has 0 fully saturated rings. The van der Waals surface area contributed by atoms with Gasteiger partial charge in [0, 0.05) is 25.9 Å². The van der Waals surface area contributed by atoms with Crippen LogP contribution in [0.4, 0.5) is 0 Å². The quantitative estimate of drug-likeness (QED) is 0.287. The highest BCUT2D eigenvalue weighted by molar-refractivity contribution is 14.0. The number of benzene rings is 1. The lowest BCUT2D eigenvalue weighted by molar-refractivity contribution is 0.322. The van der Waals surface area contributed by atoms with Crippen LogP contribution in [0, 0.1) is 5.41 Å². The van der Waals surface area contributed by atoms with E-state index in [1.165, 1.54) is 11.8 Å². The predicted molar refractivity (Wildman–Crippen MR) is 127 cm³/mol. The SMILES string of the molecule is CN=C(NCC(C)(C)CCCc1ccccc1)NC(C)CCS(C)(=O)=O.I. The van der Waals surface area contributed by atoms with Crippen LogP contribution in [0.5, 0.6) is 0 Å². The molecule has 1 atom stereocenters. The number of nitrogens with zero attached hydrogens (tertiary/aromatic N) is 1. The van der Waals surface area contributed by atoms with Gasteiger partial charge in [-0.25, -0.2) is 8.42 Å². The highest BCUT2D eigenvalue weighted by atomic mass is 127. The van der Waals surface area contributed by atoms with Gasteiger partial charge in [0.15, 0.2) is 5.96 Å². The maximum Gasteiger partial charge on any atom is 0.191 e. The number of rotatable bonds is 10. The zero-order valence-electron chi connectivity index (χ0n) is 17.3. The third-order valence-corrected chi connectivity index (χ3v) is 5.40. The Morgan fingerprint density at radius 1 is 1.22 bits per heavy atom. The first-order chi connectivity index (χ1) is 12.1. The lowest BCUT2D eigenvalue weighted by Gasteiger charge is -2.27. The molecule has 0 aromatic heterocycles. The number of hydrogen-bond donors (Lipinski definition) is 2. The van der Waals surface area contributed by atoms with Crippen LogP contribution >= 0.6 is 24.0 Å². The minimum atomic E-state index is -2.93. The molecule has 156 valence electrons. The van der Waals surface area contributed by atoms with Crippen molar-refractivity contribution in [1.29, 1.82) is 0 Å². The smallest absolute Gasteiger partial charge is 0.191 e. The van der Waals surface area contributed by atoms with Crippen LogP contribution < -0.4 is 10.6 Å². The fourth-order valence-electron chi connectivity index (χ4n) is 2.72. The van der Waals surface area contributed by atoms with Gasteiger partial charge in [0.25, 0.3) is 0 Å². The number of halogens is 1. The summed E-state index contributed by atoms with van der Waals surface area (Å²) in [4.78, 5) is 4.25. The number of aryl methyl sites for hydroxylation is 1. The van der Waals surface area contributed by atoms with Crippen LogP contribution in [0.25, 0.3) is 0 Å². The van der Waals surface area contributed by atoms with Gasteiger partial charge in [-0.3, -0.25) is 4.99 Å². The fraction of sp³-hybridized carbons (Fsp3) is 0.650. The van der Waals surface area contributed by atoms with E-state index in [4.69, 9.17) is 0 Å². The Kier molecular flexibility index (Phi) is 12.2. The summed E-state index contributed by atoms with van der Waals surface area (Å²) in [6, 6.07) is 10.6. The van der Waals surface area contributed by atoms with Crippen LogP contribution in [0.3, 0.4) is 0 Å². The van der Waals surface area contributed by atoms with Gasteiger partial charge in [0.1, 0.15) is 9.84 Å². The molecule has 0 amide bonds. The van der Waals surface area contributed by atoms with Crippen molar-refractivity contribution < 1.29 is 8.42 Å². The first-order valence-electron chi connectivity index (χ1n) is 9.30. The van der Waals surface area contributed by atoms with E-state index in [-0.39, 0.29) is 41.2 Å². The zero-order valence-corrected chi connectivity index (χ0v) is 20.4. The Hall–Kier alpha value is -0.830. The molecule has 0 saturated heterocycles. The molecule has 0 bridgehead atoms. The van der Waals surface area contributed by atoms with E-state index >= 15 is 0 Å². The van der Waals surface area contributed by atoms with Crippen molar-refractivity contribution >= 4 is 39.8 Å². The molecule has 1 rings (SSSR count). The van der Waals surface area contributed by atoms with Gasteiger partial charge in [0.05, 0.1) is 5.75 Å². The Labute approximate surface area is 182 Å². The van der Waals surface area contributed by atoms with E-state index in [0.717, 1.165) is 31.8 Å². The number of aliphatic imine (C=N–C) groups is 1. The molecule has 0 saturated carbocycles. The largest absolute Gasteiger partial charge is 0.356 e. The lowest BCUT2D eigenvalue weighted by Crippen LogP contribution is -2.45. The van der Waals surface area contributed by atoms with Crippen molar-refractivity contribution in [1.82, 2.24) is 10.6 Å². The standard InChI is InChI=1S/C20H35N3O2S.HI/c1-17(13-15-26(5,24)25)23-19(21-4)22-16-20(2,3)14-9-12-18-10-7-6-8-11-18;/h6-8,10-11,17H,9,12-16H2,1-5H3,(H2,21,22,23);1H. The third kappa shape index (κ3) is 13.1. The van der Waals surface area contributed by atoms with Crippen molar-refractivity contribution in [2.45, 2.75) is 52.5 Å². The zero-order chi connectivity index (χ0) is 19.6. The Morgan fingerprint density at radius 3 is 2.41 bits per heavy atom. The Morgan fingerprint density at radius 2 is 1.85 bits per heavy atom. The monoisotopic (exact) mass is 509 g/mol. The molecule has 27 heavy (non-hydrogen) atoms. The fourth-order valence-corrected chi connectivity index (χ4v) is 3.50. The maximum absolute atomic E-state index is 11.3. The normalized spacial score (nSPS) is 13.6. The van der Waals surface area contributed by atoms with Crippen LogP contribution in [0.1, 0.15) is 45.6 Å². The van der Waals surface area contributed by atoms with Crippen molar-refractivity contribution in [2.75, 3.05) is 25.6 Å². The van der Waals surface area contributed by atoms with Gasteiger partial charge in [-0.2, -0.15) is 0 Å². The topological polar surface area (TPSA) is 70.6 Å². The molecule has 0 aliphatic heterocycles. The third-order valence-electron chi connectivity index (χ3n) is 4.42. The van der Waals surface area contributed by atoms with E-state index in [2.05, 4.69) is 53.7 Å². The molecule has 1 unspecified atom stereocenters. The van der Waals surface area contributed by atoms with E-state index in [1.54, 1.807) is 7.05 Å². The number of sulfone groups is 1. The molecule has 1 aromatic carbocycles. The number of hydrogen-bond acceptors (Lipinski definition) is 3. The summed E-state index contributed by atoms with van der Waals surface area (Å²) >= 11 is 0. The minimum Gasteiger partial charge on any atom is -0.356 e. The maximum atomic E-state index is 11.3. The molecule has 0 spiro atoms. The molecule has 0 radical (unpaired) electrons. The summed E-state index contributed by atoms with van der Waals surface area (Å²) in [7, 11) is -1.19. The first-order valence-corrected chi connectivity index (χ1v) is 11.4. The average molecular weight is 509 g/mol. The highest BCUT2D eigenvalue weighted by Gasteiger charge is 2.18. The summed E-state index contributed by atoms with van der Waals surface area (Å²) in [5.74, 6) is 0.908. The molecule has 5 nitrogen and oxygen atoms in total. The molecular weight excluding hydrogens is 473 g/mol. The molecule has 2 N–H and O–H groups in total. The minimum absolute atomic E-state index is 0. The van der Waals surface area contributed by atoms with E-state index in [1.807, 2.05) is 13.0 Å². The van der Waals surface area contributed by atoms with Crippen LogP contribution in [0.15, 0.2) is 35.3 Å². The summed E-state index contributed by atoms with van der Waals surface area (Å²) in [6.07, 6.45) is 5.20. The van der Waals surface area contributed by atoms with Gasteiger partial charge < -0.3 is 10.6 Å². The van der Waals surface area contributed by atoms with Crippen molar-refractivity contribution in [3.8, 4) is 0 Å². The first kappa shape index (κ1) is 26.2. The number of nitrogens with one attached hydrogen (secondary N) is 2. The summed E-state index contributed by atoms with van der Waals surface area (Å²) in [5, 5.41) is 6.64. The van der Waals surface area contributed by atoms with E-state index in [0.29, 0.717) is 6.42 Å². The summed E-state index contributed by atoms with van der Waals surface area (Å²) in [5.41, 5.74) is 1.54. The molecule has 1 aromatic rings. The van der Waals surface area contributed by atoms with Crippen LogP contribution in [-0.4, -0.2) is 46.0 Å². The molecule has 0 heterocycles.